The van der Waals surface area contributed by atoms with Crippen LogP contribution in [0.1, 0.15) is 20.7 Å². The molecule has 0 atom stereocenters. The van der Waals surface area contributed by atoms with Crippen molar-refractivity contribution in [3.8, 4) is 0 Å². The SMILES string of the molecule is NC(=O)c1ccc(Cl)c(NC(=O)c2cc([N+](=O)[O-])ccc2Sc2ccccc2F)c1. The van der Waals surface area contributed by atoms with E-state index in [2.05, 4.69) is 5.32 Å². The number of hydrogen-bond acceptors (Lipinski definition) is 5. The van der Waals surface area contributed by atoms with Crippen LogP contribution in [0.2, 0.25) is 5.02 Å². The Bertz CT molecular complexity index is 1170. The second kappa shape index (κ2) is 8.93. The topological polar surface area (TPSA) is 115 Å². The lowest BCUT2D eigenvalue weighted by molar-refractivity contribution is -0.384. The Kier molecular flexibility index (Phi) is 6.34. The summed E-state index contributed by atoms with van der Waals surface area (Å²) in [5.74, 6) is -1.93. The first-order valence-electron chi connectivity index (χ1n) is 8.38. The van der Waals surface area contributed by atoms with E-state index in [4.69, 9.17) is 17.3 Å². The summed E-state index contributed by atoms with van der Waals surface area (Å²) in [5.41, 5.74) is 5.10. The van der Waals surface area contributed by atoms with Gasteiger partial charge >= 0.3 is 0 Å². The van der Waals surface area contributed by atoms with Gasteiger partial charge in [-0.15, -0.1) is 0 Å². The van der Waals surface area contributed by atoms with Gasteiger partial charge in [0, 0.05) is 27.5 Å². The molecule has 0 unspecified atom stereocenters. The molecular weight excluding hydrogens is 433 g/mol. The Morgan fingerprint density at radius 1 is 1.07 bits per heavy atom. The Labute approximate surface area is 179 Å². The zero-order valence-corrected chi connectivity index (χ0v) is 16.7. The van der Waals surface area contributed by atoms with E-state index in [1.165, 1.54) is 48.5 Å². The minimum absolute atomic E-state index is 0.0574. The van der Waals surface area contributed by atoms with Gasteiger partial charge in [-0.1, -0.05) is 35.5 Å². The summed E-state index contributed by atoms with van der Waals surface area (Å²) in [6, 6.07) is 13.7. The van der Waals surface area contributed by atoms with Crippen LogP contribution in [0.4, 0.5) is 15.8 Å². The molecule has 0 radical (unpaired) electrons. The number of halogens is 2. The predicted octanol–water partition coefficient (Wildman–Crippen LogP) is 4.89. The summed E-state index contributed by atoms with van der Waals surface area (Å²) in [6.45, 7) is 0. The zero-order chi connectivity index (χ0) is 21.8. The highest BCUT2D eigenvalue weighted by molar-refractivity contribution is 7.99. The molecule has 0 saturated heterocycles. The van der Waals surface area contributed by atoms with Crippen molar-refractivity contribution in [1.29, 1.82) is 0 Å². The quantitative estimate of drug-likeness (QED) is 0.414. The molecule has 0 bridgehead atoms. The van der Waals surface area contributed by atoms with Gasteiger partial charge in [-0.05, 0) is 36.4 Å². The molecule has 7 nitrogen and oxygen atoms in total. The molecule has 30 heavy (non-hydrogen) atoms. The van der Waals surface area contributed by atoms with Crippen LogP contribution in [0, 0.1) is 15.9 Å². The van der Waals surface area contributed by atoms with E-state index in [1.807, 2.05) is 0 Å². The molecule has 0 spiro atoms. The van der Waals surface area contributed by atoms with Crippen molar-refractivity contribution in [2.24, 2.45) is 5.73 Å². The standard InChI is InChI=1S/C20H13ClFN3O4S/c21-14-7-5-11(19(23)26)9-16(14)24-20(27)13-10-12(25(28)29)6-8-17(13)30-18-4-2-1-3-15(18)22/h1-10H,(H2,23,26)(H,24,27). The Morgan fingerprint density at radius 2 is 1.80 bits per heavy atom. The number of nitrogens with one attached hydrogen (secondary N) is 1. The number of anilines is 1. The molecule has 2 amide bonds. The molecule has 3 rings (SSSR count). The number of carbonyl (C=O) groups is 2. The summed E-state index contributed by atoms with van der Waals surface area (Å²) in [7, 11) is 0. The van der Waals surface area contributed by atoms with Crippen molar-refractivity contribution >= 4 is 46.6 Å². The third kappa shape index (κ3) is 4.76. The van der Waals surface area contributed by atoms with Gasteiger partial charge in [-0.25, -0.2) is 4.39 Å². The largest absolute Gasteiger partial charge is 0.366 e. The van der Waals surface area contributed by atoms with Gasteiger partial charge in [0.05, 0.1) is 21.2 Å². The van der Waals surface area contributed by atoms with Gasteiger partial charge in [-0.2, -0.15) is 0 Å². The van der Waals surface area contributed by atoms with Crippen LogP contribution in [0.3, 0.4) is 0 Å². The third-order valence-corrected chi connectivity index (χ3v) is 5.43. The second-order valence-electron chi connectivity index (χ2n) is 5.98. The summed E-state index contributed by atoms with van der Waals surface area (Å²) in [4.78, 5) is 35.3. The first-order valence-corrected chi connectivity index (χ1v) is 9.57. The molecule has 0 saturated carbocycles. The minimum Gasteiger partial charge on any atom is -0.366 e. The van der Waals surface area contributed by atoms with Crippen molar-refractivity contribution < 1.29 is 18.9 Å². The number of primary amides is 1. The van der Waals surface area contributed by atoms with Gasteiger partial charge in [0.2, 0.25) is 5.91 Å². The molecule has 10 heteroatoms. The van der Waals surface area contributed by atoms with Crippen LogP contribution in [0.25, 0.3) is 0 Å². The molecular formula is C20H13ClFN3O4S. The van der Waals surface area contributed by atoms with Crippen LogP contribution in [0.5, 0.6) is 0 Å². The number of rotatable bonds is 6. The van der Waals surface area contributed by atoms with Crippen molar-refractivity contribution in [2.45, 2.75) is 9.79 Å². The van der Waals surface area contributed by atoms with Gasteiger partial charge in [-0.3, -0.25) is 19.7 Å². The van der Waals surface area contributed by atoms with Gasteiger partial charge < -0.3 is 11.1 Å². The summed E-state index contributed by atoms with van der Waals surface area (Å²) in [6.07, 6.45) is 0. The highest BCUT2D eigenvalue weighted by atomic mass is 35.5. The van der Waals surface area contributed by atoms with Crippen LogP contribution in [0.15, 0.2) is 70.5 Å². The number of hydrogen-bond donors (Lipinski definition) is 2. The lowest BCUT2D eigenvalue weighted by Gasteiger charge is -2.12. The molecule has 152 valence electrons. The van der Waals surface area contributed by atoms with Crippen LogP contribution >= 0.6 is 23.4 Å². The highest BCUT2D eigenvalue weighted by Crippen LogP contribution is 2.35. The summed E-state index contributed by atoms with van der Waals surface area (Å²) in [5, 5.41) is 13.8. The van der Waals surface area contributed by atoms with E-state index in [9.17, 15) is 24.1 Å². The number of nitro groups is 1. The predicted molar refractivity (Wildman–Crippen MR) is 112 cm³/mol. The molecule has 0 heterocycles. The number of amides is 2. The van der Waals surface area contributed by atoms with Gasteiger partial charge in [0.15, 0.2) is 0 Å². The van der Waals surface area contributed by atoms with E-state index in [0.29, 0.717) is 4.90 Å². The monoisotopic (exact) mass is 445 g/mol. The molecule has 0 aliphatic rings. The molecule has 3 aromatic rings. The average Bonchev–Trinajstić information content (AvgIpc) is 2.71. The maximum Gasteiger partial charge on any atom is 0.270 e. The number of non-ortho nitro benzene ring substituents is 1. The Hall–Kier alpha value is -3.43. The molecule has 0 fully saturated rings. The van der Waals surface area contributed by atoms with Crippen LogP contribution < -0.4 is 11.1 Å². The van der Waals surface area contributed by atoms with Crippen LogP contribution in [-0.4, -0.2) is 16.7 Å². The highest BCUT2D eigenvalue weighted by Gasteiger charge is 2.20. The Balaban J connectivity index is 2.00. The third-order valence-electron chi connectivity index (χ3n) is 3.97. The minimum atomic E-state index is -0.721. The first-order chi connectivity index (χ1) is 14.3. The number of benzene rings is 3. The molecule has 0 aromatic heterocycles. The van der Waals surface area contributed by atoms with Crippen molar-refractivity contribution in [3.63, 3.8) is 0 Å². The molecule has 0 aliphatic heterocycles. The maximum absolute atomic E-state index is 14.0. The first kappa shape index (κ1) is 21.3. The van der Waals surface area contributed by atoms with Gasteiger partial charge in [0.1, 0.15) is 5.82 Å². The van der Waals surface area contributed by atoms with E-state index in [-0.39, 0.29) is 32.4 Å². The summed E-state index contributed by atoms with van der Waals surface area (Å²) < 4.78 is 14.0. The van der Waals surface area contributed by atoms with Gasteiger partial charge in [0.25, 0.3) is 11.6 Å². The number of nitrogens with zero attached hydrogens (tertiary/aromatic N) is 1. The van der Waals surface area contributed by atoms with E-state index in [1.54, 1.807) is 6.07 Å². The van der Waals surface area contributed by atoms with Crippen molar-refractivity contribution in [2.75, 3.05) is 5.32 Å². The van der Waals surface area contributed by atoms with Crippen molar-refractivity contribution in [3.05, 3.63) is 92.7 Å². The van der Waals surface area contributed by atoms with Crippen LogP contribution in [-0.2, 0) is 0 Å². The zero-order valence-electron chi connectivity index (χ0n) is 15.1. The fourth-order valence-corrected chi connectivity index (χ4v) is 3.62. The smallest absolute Gasteiger partial charge is 0.270 e. The lowest BCUT2D eigenvalue weighted by atomic mass is 10.1. The summed E-state index contributed by atoms with van der Waals surface area (Å²) >= 11 is 7.02. The van der Waals surface area contributed by atoms with E-state index in [0.717, 1.165) is 17.8 Å². The number of nitrogens with two attached hydrogens (primary N) is 1. The van der Waals surface area contributed by atoms with E-state index < -0.39 is 22.6 Å². The fourth-order valence-electron chi connectivity index (χ4n) is 2.51. The fraction of sp³-hybridized carbons (Fsp3) is 0. The molecule has 3 N–H and O–H groups in total. The second-order valence-corrected chi connectivity index (χ2v) is 7.47. The lowest BCUT2D eigenvalue weighted by Crippen LogP contribution is -2.16. The normalized spacial score (nSPS) is 10.5. The average molecular weight is 446 g/mol. The Morgan fingerprint density at radius 3 is 2.47 bits per heavy atom. The van der Waals surface area contributed by atoms with E-state index >= 15 is 0 Å². The molecule has 0 aliphatic carbocycles. The maximum atomic E-state index is 14.0. The van der Waals surface area contributed by atoms with Crippen molar-refractivity contribution in [1.82, 2.24) is 0 Å². The number of carbonyl (C=O) groups excluding carboxylic acids is 2. The molecule has 3 aromatic carbocycles. The number of nitro benzene ring substituents is 1.